The van der Waals surface area contributed by atoms with Crippen molar-refractivity contribution in [2.45, 2.75) is 89.6 Å². The van der Waals surface area contributed by atoms with Crippen molar-refractivity contribution in [3.05, 3.63) is 23.5 Å². The van der Waals surface area contributed by atoms with Crippen LogP contribution in [0.1, 0.15) is 64.8 Å². The summed E-state index contributed by atoms with van der Waals surface area (Å²) >= 11 is 0. The first-order valence-corrected chi connectivity index (χ1v) is 11.2. The normalized spacial score (nSPS) is 22.8. The molecule has 0 spiro atoms. The van der Waals surface area contributed by atoms with E-state index in [-0.39, 0.29) is 17.6 Å². The zero-order valence-corrected chi connectivity index (χ0v) is 20.3. The molecule has 0 aliphatic heterocycles. The van der Waals surface area contributed by atoms with Crippen molar-refractivity contribution < 1.29 is 47.6 Å². The molecule has 6 N–H and O–H groups in total. The van der Waals surface area contributed by atoms with Crippen molar-refractivity contribution in [2.75, 3.05) is 0 Å². The molecule has 1 aromatic rings. The fourth-order valence-electron chi connectivity index (χ4n) is 3.55. The lowest BCUT2D eigenvalue weighted by molar-refractivity contribution is -0.192. The molecule has 12 nitrogen and oxygen atoms in total. The van der Waals surface area contributed by atoms with Gasteiger partial charge >= 0.3 is 18.1 Å². The fraction of sp³-hybridized carbons (Fsp3) is 0.667. The average Bonchev–Trinajstić information content (AvgIpc) is 3.27. The molecular formula is C21H32F3N5O7. The van der Waals surface area contributed by atoms with Gasteiger partial charge in [0.1, 0.15) is 11.7 Å². The van der Waals surface area contributed by atoms with Gasteiger partial charge in [0.25, 0.3) is 0 Å². The molecule has 0 saturated heterocycles. The summed E-state index contributed by atoms with van der Waals surface area (Å²) in [6, 6.07) is -2.36. The highest BCUT2D eigenvalue weighted by atomic mass is 19.4. The second kappa shape index (κ2) is 13.3. The molecule has 1 amide bonds. The number of aliphatic hydroxyl groups is 1. The molecule has 0 bridgehead atoms. The van der Waals surface area contributed by atoms with Gasteiger partial charge in [0, 0.05) is 6.92 Å². The van der Waals surface area contributed by atoms with Crippen molar-refractivity contribution in [1.82, 2.24) is 20.3 Å². The summed E-state index contributed by atoms with van der Waals surface area (Å²) < 4.78 is 39.1. The minimum Gasteiger partial charge on any atom is -0.478 e. The third kappa shape index (κ3) is 8.27. The molecular weight excluding hydrogens is 491 g/mol. The first-order valence-electron chi connectivity index (χ1n) is 11.2. The summed E-state index contributed by atoms with van der Waals surface area (Å²) in [6.07, 6.45) is -1.76. The van der Waals surface area contributed by atoms with Gasteiger partial charge in [-0.25, -0.2) is 14.3 Å². The van der Waals surface area contributed by atoms with E-state index in [1.165, 1.54) is 23.9 Å². The van der Waals surface area contributed by atoms with Crippen molar-refractivity contribution >= 4 is 17.8 Å². The van der Waals surface area contributed by atoms with E-state index in [0.717, 1.165) is 12.8 Å². The topological polar surface area (TPSA) is 190 Å². The molecule has 0 radical (unpaired) electrons. The molecule has 1 aliphatic rings. The van der Waals surface area contributed by atoms with Crippen LogP contribution < -0.4 is 11.1 Å². The van der Waals surface area contributed by atoms with E-state index in [9.17, 15) is 33.0 Å². The van der Waals surface area contributed by atoms with Crippen LogP contribution in [-0.2, 0) is 19.1 Å². The zero-order valence-electron chi connectivity index (χ0n) is 20.3. The minimum atomic E-state index is -5.08. The highest BCUT2D eigenvalue weighted by Crippen LogP contribution is 2.32. The maximum absolute atomic E-state index is 12.0. The van der Waals surface area contributed by atoms with Crippen LogP contribution in [0.15, 0.2) is 17.8 Å². The average molecular weight is 524 g/mol. The van der Waals surface area contributed by atoms with E-state index in [4.69, 9.17) is 20.4 Å². The molecule has 36 heavy (non-hydrogen) atoms. The smallest absolute Gasteiger partial charge is 0.478 e. The molecule has 1 aliphatic carbocycles. The number of carbonyl (C=O) groups is 3. The second-order valence-corrected chi connectivity index (χ2v) is 8.07. The first-order chi connectivity index (χ1) is 16.7. The van der Waals surface area contributed by atoms with E-state index in [1.807, 2.05) is 13.8 Å². The van der Waals surface area contributed by atoms with Gasteiger partial charge in [-0.05, 0) is 25.3 Å². The standard InChI is InChI=1S/C19H31N5O5.C2HF3O2/c1-5-11(6-2)29-15-8-12(19(27)28)18(16(20)17(15)21-10(4)25)24-9-13(22-23-24)14(26)7-3;3-2(4,5)1(6)7/h8-9,11,14-18,26H,5-7,20H2,1-4H3,(H,21,25)(H,27,28);(H,6,7)/t14?,15-,16-,17+,18+;/m1./s1. The Morgan fingerprint density at radius 1 is 1.19 bits per heavy atom. The number of aromatic nitrogens is 3. The number of nitrogens with one attached hydrogen (secondary N) is 1. The van der Waals surface area contributed by atoms with Gasteiger partial charge in [-0.1, -0.05) is 26.0 Å². The number of alkyl halides is 3. The number of carboxylic acid groups (broad SMARTS) is 2. The number of rotatable bonds is 9. The third-order valence-corrected chi connectivity index (χ3v) is 5.46. The van der Waals surface area contributed by atoms with Gasteiger partial charge in [-0.15, -0.1) is 5.10 Å². The highest BCUT2D eigenvalue weighted by molar-refractivity contribution is 5.88. The number of aliphatic carboxylic acids is 2. The van der Waals surface area contributed by atoms with E-state index in [0.29, 0.717) is 12.1 Å². The summed E-state index contributed by atoms with van der Waals surface area (Å²) in [5.74, 6) is -4.21. The van der Waals surface area contributed by atoms with Crippen LogP contribution in [-0.4, -0.2) is 78.6 Å². The van der Waals surface area contributed by atoms with Crippen molar-refractivity contribution in [3.63, 3.8) is 0 Å². The highest BCUT2D eigenvalue weighted by Gasteiger charge is 2.44. The minimum absolute atomic E-state index is 0.0116. The summed E-state index contributed by atoms with van der Waals surface area (Å²) in [7, 11) is 0. The lowest BCUT2D eigenvalue weighted by atomic mass is 9.83. The number of carbonyl (C=O) groups excluding carboxylic acids is 1. The first kappa shape index (κ1) is 31.0. The number of hydrogen-bond donors (Lipinski definition) is 5. The maximum atomic E-state index is 12.0. The molecule has 204 valence electrons. The Morgan fingerprint density at radius 2 is 1.75 bits per heavy atom. The fourth-order valence-corrected chi connectivity index (χ4v) is 3.55. The van der Waals surface area contributed by atoms with Gasteiger partial charge in [0.15, 0.2) is 0 Å². The Balaban J connectivity index is 0.000000809. The zero-order chi connectivity index (χ0) is 27.8. The van der Waals surface area contributed by atoms with Crippen LogP contribution in [0, 0.1) is 0 Å². The SMILES string of the molecule is CCC(CC)O[C@@H]1C=C(C(=O)O)[C@H](n2cc(C(O)CC)nn2)[C@H](N)[C@H]1NC(C)=O.O=C(O)C(F)(F)F. The number of amides is 1. The number of aliphatic hydroxyl groups excluding tert-OH is 1. The molecule has 0 aromatic carbocycles. The van der Waals surface area contributed by atoms with Gasteiger partial charge in [0.05, 0.1) is 42.2 Å². The molecule has 0 saturated carbocycles. The van der Waals surface area contributed by atoms with Crippen molar-refractivity contribution in [2.24, 2.45) is 5.73 Å². The summed E-state index contributed by atoms with van der Waals surface area (Å²) in [6.45, 7) is 7.12. The Labute approximate surface area is 205 Å². The Kier molecular flexibility index (Phi) is 11.5. The molecule has 2 rings (SSSR count). The van der Waals surface area contributed by atoms with Crippen molar-refractivity contribution in [1.29, 1.82) is 0 Å². The summed E-state index contributed by atoms with van der Waals surface area (Å²) in [5, 5.41) is 37.7. The quantitative estimate of drug-likeness (QED) is 0.316. The van der Waals surface area contributed by atoms with Crippen LogP contribution in [0.4, 0.5) is 13.2 Å². The summed E-state index contributed by atoms with van der Waals surface area (Å²) in [4.78, 5) is 32.7. The van der Waals surface area contributed by atoms with E-state index >= 15 is 0 Å². The molecule has 1 aromatic heterocycles. The number of carboxylic acids is 2. The van der Waals surface area contributed by atoms with Gasteiger partial charge in [0.2, 0.25) is 5.91 Å². The second-order valence-electron chi connectivity index (χ2n) is 8.07. The van der Waals surface area contributed by atoms with Crippen LogP contribution in [0.3, 0.4) is 0 Å². The third-order valence-electron chi connectivity index (χ3n) is 5.46. The molecule has 1 heterocycles. The van der Waals surface area contributed by atoms with Gasteiger partial charge < -0.3 is 31.1 Å². The lowest BCUT2D eigenvalue weighted by Crippen LogP contribution is -2.60. The summed E-state index contributed by atoms with van der Waals surface area (Å²) in [5.41, 5.74) is 6.79. The maximum Gasteiger partial charge on any atom is 0.490 e. The molecule has 5 atom stereocenters. The van der Waals surface area contributed by atoms with E-state index in [1.54, 1.807) is 6.92 Å². The number of hydrogen-bond acceptors (Lipinski definition) is 8. The number of halogens is 3. The van der Waals surface area contributed by atoms with Gasteiger partial charge in [-0.3, -0.25) is 4.79 Å². The van der Waals surface area contributed by atoms with Crippen LogP contribution in [0.5, 0.6) is 0 Å². The largest absolute Gasteiger partial charge is 0.490 e. The Bertz CT molecular complexity index is 933. The molecule has 1 unspecified atom stereocenters. The van der Waals surface area contributed by atoms with E-state index in [2.05, 4.69) is 15.6 Å². The Hall–Kier alpha value is -3.04. The molecule has 0 fully saturated rings. The van der Waals surface area contributed by atoms with Gasteiger partial charge in [-0.2, -0.15) is 13.2 Å². The van der Waals surface area contributed by atoms with Crippen LogP contribution >= 0.6 is 0 Å². The number of nitrogens with two attached hydrogens (primary N) is 1. The predicted octanol–water partition coefficient (Wildman–Crippen LogP) is 1.33. The monoisotopic (exact) mass is 523 g/mol. The lowest BCUT2D eigenvalue weighted by Gasteiger charge is -2.40. The van der Waals surface area contributed by atoms with Crippen molar-refractivity contribution in [3.8, 4) is 0 Å². The predicted molar refractivity (Wildman–Crippen MR) is 119 cm³/mol. The number of ether oxygens (including phenoxy) is 1. The Morgan fingerprint density at radius 3 is 2.17 bits per heavy atom. The van der Waals surface area contributed by atoms with Crippen LogP contribution in [0.25, 0.3) is 0 Å². The van der Waals surface area contributed by atoms with E-state index < -0.39 is 48.4 Å². The molecule has 15 heteroatoms. The van der Waals surface area contributed by atoms with Crippen LogP contribution in [0.2, 0.25) is 0 Å². The number of nitrogens with zero attached hydrogens (tertiary/aromatic N) is 3.